The Morgan fingerprint density at radius 2 is 1.81 bits per heavy atom. The number of ether oxygens (including phenoxy) is 1. The first-order valence-electron chi connectivity index (χ1n) is 11.6. The molecular weight excluding hydrogens is 404 g/mol. The monoisotopic (exact) mass is 438 g/mol. The van der Waals surface area contributed by atoms with Crippen molar-refractivity contribution in [3.63, 3.8) is 0 Å². The summed E-state index contributed by atoms with van der Waals surface area (Å²) in [7, 11) is 5.71. The van der Waals surface area contributed by atoms with E-state index in [4.69, 9.17) is 14.7 Å². The Balaban J connectivity index is 1.29. The first-order chi connectivity index (χ1) is 15.5. The molecule has 1 aromatic carbocycles. The van der Waals surface area contributed by atoms with Gasteiger partial charge < -0.3 is 25.6 Å². The maximum atomic E-state index is 12.4. The number of urea groups is 1. The van der Waals surface area contributed by atoms with Crippen molar-refractivity contribution >= 4 is 23.5 Å². The summed E-state index contributed by atoms with van der Waals surface area (Å²) in [5, 5.41) is 9.55. The third kappa shape index (κ3) is 5.41. The van der Waals surface area contributed by atoms with Gasteiger partial charge in [-0.3, -0.25) is 0 Å². The van der Waals surface area contributed by atoms with Crippen molar-refractivity contribution in [1.82, 2.24) is 15.3 Å². The zero-order valence-corrected chi connectivity index (χ0v) is 19.3. The highest BCUT2D eigenvalue weighted by Crippen LogP contribution is 2.29. The molecule has 0 spiro atoms. The number of benzene rings is 1. The molecular formula is C24H34N6O2. The van der Waals surface area contributed by atoms with E-state index >= 15 is 0 Å². The molecule has 2 amide bonds. The van der Waals surface area contributed by atoms with Crippen molar-refractivity contribution in [3.8, 4) is 5.75 Å². The molecule has 0 radical (unpaired) electrons. The molecule has 8 heteroatoms. The molecule has 0 saturated heterocycles. The van der Waals surface area contributed by atoms with E-state index in [-0.39, 0.29) is 12.1 Å². The number of carbonyl (C=O) groups is 1. The molecule has 2 aliphatic carbocycles. The van der Waals surface area contributed by atoms with Crippen LogP contribution in [0.25, 0.3) is 0 Å². The van der Waals surface area contributed by atoms with Crippen LogP contribution in [0.4, 0.5) is 22.2 Å². The maximum absolute atomic E-state index is 12.4. The van der Waals surface area contributed by atoms with Gasteiger partial charge in [0.15, 0.2) is 0 Å². The summed E-state index contributed by atoms with van der Waals surface area (Å²) in [6, 6.07) is 7.68. The number of hydrogen-bond donors (Lipinski definition) is 3. The van der Waals surface area contributed by atoms with Crippen LogP contribution < -0.4 is 25.6 Å². The van der Waals surface area contributed by atoms with Crippen LogP contribution >= 0.6 is 0 Å². The maximum Gasteiger partial charge on any atom is 0.319 e. The molecule has 2 aliphatic rings. The largest absolute Gasteiger partial charge is 0.497 e. The van der Waals surface area contributed by atoms with Gasteiger partial charge in [-0.1, -0.05) is 6.07 Å². The van der Waals surface area contributed by atoms with Crippen LogP contribution in [-0.2, 0) is 12.8 Å². The normalized spacial score (nSPS) is 20.1. The lowest BCUT2D eigenvalue weighted by Gasteiger charge is -2.30. The number of nitrogens with zero attached hydrogens (tertiary/aromatic N) is 3. The van der Waals surface area contributed by atoms with Gasteiger partial charge in [0.1, 0.15) is 11.6 Å². The lowest BCUT2D eigenvalue weighted by atomic mass is 9.91. The molecule has 0 atom stereocenters. The Morgan fingerprint density at radius 1 is 1.06 bits per heavy atom. The Hall–Kier alpha value is -3.03. The quantitative estimate of drug-likeness (QED) is 0.632. The molecule has 0 bridgehead atoms. The summed E-state index contributed by atoms with van der Waals surface area (Å²) in [5.74, 6) is 2.50. The van der Waals surface area contributed by atoms with Gasteiger partial charge in [-0.25, -0.2) is 9.78 Å². The second-order valence-corrected chi connectivity index (χ2v) is 8.92. The predicted molar refractivity (Wildman–Crippen MR) is 128 cm³/mol. The van der Waals surface area contributed by atoms with Gasteiger partial charge in [0.2, 0.25) is 5.95 Å². The van der Waals surface area contributed by atoms with Crippen LogP contribution in [0.5, 0.6) is 5.75 Å². The highest BCUT2D eigenvalue weighted by atomic mass is 16.5. The van der Waals surface area contributed by atoms with Gasteiger partial charge in [-0.15, -0.1) is 0 Å². The van der Waals surface area contributed by atoms with E-state index in [1.807, 2.05) is 18.2 Å². The van der Waals surface area contributed by atoms with Crippen LogP contribution in [-0.4, -0.2) is 49.3 Å². The van der Waals surface area contributed by atoms with Crippen LogP contribution in [0.2, 0.25) is 0 Å². The van der Waals surface area contributed by atoms with Crippen molar-refractivity contribution in [1.29, 1.82) is 0 Å². The minimum absolute atomic E-state index is 0.167. The predicted octanol–water partition coefficient (Wildman–Crippen LogP) is 3.97. The van der Waals surface area contributed by atoms with E-state index in [1.54, 1.807) is 13.2 Å². The van der Waals surface area contributed by atoms with E-state index in [2.05, 4.69) is 34.9 Å². The van der Waals surface area contributed by atoms with Crippen molar-refractivity contribution in [2.75, 3.05) is 36.7 Å². The molecule has 8 nitrogen and oxygen atoms in total. The summed E-state index contributed by atoms with van der Waals surface area (Å²) in [6.07, 6.45) is 8.31. The molecule has 172 valence electrons. The van der Waals surface area contributed by atoms with Crippen molar-refractivity contribution in [3.05, 3.63) is 35.5 Å². The zero-order valence-electron chi connectivity index (χ0n) is 19.3. The van der Waals surface area contributed by atoms with Crippen LogP contribution in [0, 0.1) is 0 Å². The molecule has 4 rings (SSSR count). The lowest BCUT2D eigenvalue weighted by Crippen LogP contribution is -2.42. The summed E-state index contributed by atoms with van der Waals surface area (Å²) in [6.45, 7) is 0. The third-order valence-electron chi connectivity index (χ3n) is 6.31. The number of aryl methyl sites for hydroxylation is 1. The van der Waals surface area contributed by atoms with E-state index in [0.717, 1.165) is 61.7 Å². The Kier molecular flexibility index (Phi) is 6.97. The fourth-order valence-electron chi connectivity index (χ4n) is 4.63. The average molecular weight is 439 g/mol. The molecule has 1 fully saturated rings. The first kappa shape index (κ1) is 22.2. The third-order valence-corrected chi connectivity index (χ3v) is 6.31. The van der Waals surface area contributed by atoms with E-state index in [1.165, 1.54) is 24.1 Å². The standard InChI is InChI=1S/C24H34N6O2/c1-30(2)22-20-9-4-5-10-21(20)28-23(29-22)25-16-11-13-17(14-12-16)26-24(31)27-18-7-6-8-19(15-18)32-3/h6-8,15-17H,4-5,9-14H2,1-3H3,(H,25,28,29)(H2,26,27,31). The summed E-state index contributed by atoms with van der Waals surface area (Å²) in [5.41, 5.74) is 3.22. The number of nitrogens with one attached hydrogen (secondary N) is 3. The van der Waals surface area contributed by atoms with E-state index in [0.29, 0.717) is 6.04 Å². The lowest BCUT2D eigenvalue weighted by molar-refractivity contribution is 0.243. The number of rotatable bonds is 6. The van der Waals surface area contributed by atoms with Gasteiger partial charge in [0, 0.05) is 43.5 Å². The molecule has 1 aromatic heterocycles. The highest BCUT2D eigenvalue weighted by Gasteiger charge is 2.25. The second kappa shape index (κ2) is 10.1. The molecule has 1 heterocycles. The molecule has 32 heavy (non-hydrogen) atoms. The number of methoxy groups -OCH3 is 1. The van der Waals surface area contributed by atoms with Crippen molar-refractivity contribution < 1.29 is 9.53 Å². The minimum atomic E-state index is -0.177. The van der Waals surface area contributed by atoms with Crippen LogP contribution in [0.3, 0.4) is 0 Å². The molecule has 3 N–H and O–H groups in total. The zero-order chi connectivity index (χ0) is 22.5. The molecule has 2 aromatic rings. The molecule has 0 unspecified atom stereocenters. The second-order valence-electron chi connectivity index (χ2n) is 8.92. The van der Waals surface area contributed by atoms with Gasteiger partial charge in [-0.05, 0) is 63.5 Å². The highest BCUT2D eigenvalue weighted by molar-refractivity contribution is 5.89. The molecule has 1 saturated carbocycles. The van der Waals surface area contributed by atoms with Gasteiger partial charge in [0.05, 0.1) is 12.8 Å². The number of fused-ring (bicyclic) bond motifs is 1. The first-order valence-corrected chi connectivity index (χ1v) is 11.6. The fourth-order valence-corrected chi connectivity index (χ4v) is 4.63. The van der Waals surface area contributed by atoms with E-state index < -0.39 is 0 Å². The Morgan fingerprint density at radius 3 is 2.56 bits per heavy atom. The van der Waals surface area contributed by atoms with Crippen molar-refractivity contribution in [2.45, 2.75) is 63.5 Å². The number of aromatic nitrogens is 2. The van der Waals surface area contributed by atoms with Crippen molar-refractivity contribution in [2.24, 2.45) is 0 Å². The summed E-state index contributed by atoms with van der Waals surface area (Å²) in [4.78, 5) is 24.1. The number of anilines is 3. The molecule has 0 aliphatic heterocycles. The fraction of sp³-hybridized carbons (Fsp3) is 0.542. The smallest absolute Gasteiger partial charge is 0.319 e. The average Bonchev–Trinajstić information content (AvgIpc) is 2.80. The Bertz CT molecular complexity index is 940. The van der Waals surface area contributed by atoms with Gasteiger partial charge >= 0.3 is 6.03 Å². The SMILES string of the molecule is COc1cccc(NC(=O)NC2CCC(Nc3nc4c(c(N(C)C)n3)CCCC4)CC2)c1. The Labute approximate surface area is 190 Å². The topological polar surface area (TPSA) is 91.4 Å². The number of carbonyl (C=O) groups excluding carboxylic acids is 1. The van der Waals surface area contributed by atoms with Gasteiger partial charge in [0.25, 0.3) is 0 Å². The summed E-state index contributed by atoms with van der Waals surface area (Å²) < 4.78 is 5.21. The number of hydrogen-bond acceptors (Lipinski definition) is 6. The minimum Gasteiger partial charge on any atom is -0.497 e. The van der Waals surface area contributed by atoms with Crippen LogP contribution in [0.1, 0.15) is 49.8 Å². The number of amides is 2. The summed E-state index contributed by atoms with van der Waals surface area (Å²) >= 11 is 0. The van der Waals surface area contributed by atoms with E-state index in [9.17, 15) is 4.79 Å². The van der Waals surface area contributed by atoms with Gasteiger partial charge in [-0.2, -0.15) is 4.98 Å². The van der Waals surface area contributed by atoms with Crippen LogP contribution in [0.15, 0.2) is 24.3 Å².